The van der Waals surface area contributed by atoms with E-state index in [1.54, 1.807) is 6.07 Å². The molecular weight excluding hydrogens is 304 g/mol. The zero-order valence-corrected chi connectivity index (χ0v) is 14.4. The van der Waals surface area contributed by atoms with Crippen LogP contribution in [0.3, 0.4) is 0 Å². The number of hydrogen-bond donors (Lipinski definition) is 3. The summed E-state index contributed by atoms with van der Waals surface area (Å²) in [5.74, 6) is 0.245. The van der Waals surface area contributed by atoms with Crippen LogP contribution in [-0.2, 0) is 17.6 Å². The normalized spacial score (nSPS) is 23.9. The molecule has 1 aromatic rings. The van der Waals surface area contributed by atoms with Crippen molar-refractivity contribution in [2.45, 2.75) is 52.2 Å². The third kappa shape index (κ3) is 3.31. The quantitative estimate of drug-likeness (QED) is 0.736. The molecule has 1 aliphatic heterocycles. The van der Waals surface area contributed by atoms with Crippen LogP contribution in [0.2, 0.25) is 0 Å². The lowest BCUT2D eigenvalue weighted by molar-refractivity contribution is -0.128. The lowest BCUT2D eigenvalue weighted by atomic mass is 9.70. The molecule has 2 aliphatic rings. The minimum Gasteiger partial charge on any atom is -0.374 e. The molecule has 1 aromatic carbocycles. The smallest absolute Gasteiger partial charge is 0.253 e. The number of nitrogens with one attached hydrogen (secondary N) is 2. The van der Waals surface area contributed by atoms with Crippen molar-refractivity contribution >= 4 is 11.8 Å². The molecule has 1 aliphatic carbocycles. The Balaban J connectivity index is 1.71. The monoisotopic (exact) mass is 330 g/mol. The maximum atomic E-state index is 12.3. The van der Waals surface area contributed by atoms with Gasteiger partial charge in [-0.05, 0) is 61.3 Å². The highest BCUT2D eigenvalue weighted by atomic mass is 16.3. The zero-order chi connectivity index (χ0) is 17.3. The highest BCUT2D eigenvalue weighted by molar-refractivity contribution is 5.94. The molecule has 2 amide bonds. The van der Waals surface area contributed by atoms with E-state index in [1.807, 2.05) is 26.0 Å². The minimum atomic E-state index is -0.820. The molecule has 0 radical (unpaired) electrons. The fraction of sp³-hybridized carbons (Fsp3) is 0.579. The van der Waals surface area contributed by atoms with Gasteiger partial charge in [0.25, 0.3) is 5.91 Å². The first kappa shape index (κ1) is 17.0. The maximum absolute atomic E-state index is 12.3. The molecule has 1 heterocycles. The lowest BCUT2D eigenvalue weighted by Gasteiger charge is -2.32. The number of aliphatic hydroxyl groups excluding tert-OH is 1. The average Bonchev–Trinajstić information content (AvgIpc) is 2.86. The number of carbonyl (C=O) groups excluding carboxylic acids is 2. The first-order chi connectivity index (χ1) is 11.4. The van der Waals surface area contributed by atoms with Gasteiger partial charge in [0.05, 0.1) is 5.41 Å². The first-order valence-electron chi connectivity index (χ1n) is 8.79. The van der Waals surface area contributed by atoms with Crippen LogP contribution in [0.4, 0.5) is 0 Å². The Morgan fingerprint density at radius 1 is 1.33 bits per heavy atom. The van der Waals surface area contributed by atoms with E-state index in [0.717, 1.165) is 43.4 Å². The molecule has 1 unspecified atom stereocenters. The maximum Gasteiger partial charge on any atom is 0.253 e. The summed E-state index contributed by atoms with van der Waals surface area (Å²) < 4.78 is 0. The highest BCUT2D eigenvalue weighted by Crippen LogP contribution is 2.41. The van der Waals surface area contributed by atoms with Gasteiger partial charge in [0.1, 0.15) is 6.23 Å². The van der Waals surface area contributed by atoms with Crippen LogP contribution < -0.4 is 10.6 Å². The number of aryl methyl sites for hydroxylation is 1. The number of benzene rings is 1. The standard InChI is InChI=1S/C19H26N2O3/c1-12(2)9-16(22)21-17(23)14-3-4-15-11-19(6-5-13(15)10-14)7-8-20-18(19)24/h3-4,10,12,16,22H,5-9,11H2,1-2H3,(H,20,24)(H,21,23)/t16?,19-/m1/s1. The van der Waals surface area contributed by atoms with E-state index in [9.17, 15) is 14.7 Å². The molecule has 1 saturated heterocycles. The number of fused-ring (bicyclic) bond motifs is 1. The molecule has 0 aromatic heterocycles. The van der Waals surface area contributed by atoms with Crippen molar-refractivity contribution in [2.24, 2.45) is 11.3 Å². The Hall–Kier alpha value is -1.88. The van der Waals surface area contributed by atoms with Gasteiger partial charge in [0, 0.05) is 12.1 Å². The van der Waals surface area contributed by atoms with E-state index < -0.39 is 6.23 Å². The van der Waals surface area contributed by atoms with Gasteiger partial charge in [-0.3, -0.25) is 9.59 Å². The van der Waals surface area contributed by atoms with E-state index in [0.29, 0.717) is 17.9 Å². The van der Waals surface area contributed by atoms with Gasteiger partial charge in [0.15, 0.2) is 0 Å². The van der Waals surface area contributed by atoms with Crippen molar-refractivity contribution in [1.82, 2.24) is 10.6 Å². The summed E-state index contributed by atoms with van der Waals surface area (Å²) in [6, 6.07) is 5.67. The number of hydrogen-bond acceptors (Lipinski definition) is 3. The van der Waals surface area contributed by atoms with Gasteiger partial charge in [0.2, 0.25) is 5.91 Å². The molecule has 1 fully saturated rings. The van der Waals surface area contributed by atoms with Crippen molar-refractivity contribution in [3.8, 4) is 0 Å². The number of amides is 2. The van der Waals surface area contributed by atoms with Crippen LogP contribution >= 0.6 is 0 Å². The third-order valence-electron chi connectivity index (χ3n) is 5.23. The Morgan fingerprint density at radius 2 is 2.12 bits per heavy atom. The van der Waals surface area contributed by atoms with E-state index in [1.165, 1.54) is 0 Å². The van der Waals surface area contributed by atoms with Crippen LogP contribution in [0, 0.1) is 11.3 Å². The van der Waals surface area contributed by atoms with Crippen LogP contribution in [0.25, 0.3) is 0 Å². The number of rotatable bonds is 4. The average molecular weight is 330 g/mol. The second-order valence-corrected chi connectivity index (χ2v) is 7.57. The van der Waals surface area contributed by atoms with E-state index in [-0.39, 0.29) is 17.2 Å². The summed E-state index contributed by atoms with van der Waals surface area (Å²) in [4.78, 5) is 24.4. The topological polar surface area (TPSA) is 78.4 Å². The minimum absolute atomic E-state index is 0.173. The Kier molecular flexibility index (Phi) is 4.63. The van der Waals surface area contributed by atoms with Gasteiger partial charge >= 0.3 is 0 Å². The highest BCUT2D eigenvalue weighted by Gasteiger charge is 2.44. The summed E-state index contributed by atoms with van der Waals surface area (Å²) in [6.07, 6.45) is 3.03. The number of aliphatic hydroxyl groups is 1. The van der Waals surface area contributed by atoms with Crippen molar-refractivity contribution in [2.75, 3.05) is 6.54 Å². The van der Waals surface area contributed by atoms with Gasteiger partial charge in [-0.1, -0.05) is 19.9 Å². The van der Waals surface area contributed by atoms with E-state index in [2.05, 4.69) is 10.6 Å². The summed E-state index contributed by atoms with van der Waals surface area (Å²) >= 11 is 0. The van der Waals surface area contributed by atoms with Crippen LogP contribution in [0.1, 0.15) is 54.6 Å². The van der Waals surface area contributed by atoms with Gasteiger partial charge in [-0.2, -0.15) is 0 Å². The SMILES string of the molecule is CC(C)CC(O)NC(=O)c1ccc2c(c1)CC[C@@]1(CCNC1=O)C2. The lowest BCUT2D eigenvalue weighted by Crippen LogP contribution is -2.37. The molecule has 1 spiro atoms. The molecule has 5 heteroatoms. The molecule has 2 atom stereocenters. The van der Waals surface area contributed by atoms with Crippen molar-refractivity contribution in [3.63, 3.8) is 0 Å². The Bertz CT molecular complexity index is 656. The zero-order valence-electron chi connectivity index (χ0n) is 14.4. The van der Waals surface area contributed by atoms with Crippen LogP contribution in [0.15, 0.2) is 18.2 Å². The Morgan fingerprint density at radius 3 is 2.79 bits per heavy atom. The molecule has 130 valence electrons. The summed E-state index contributed by atoms with van der Waals surface area (Å²) in [6.45, 7) is 4.77. The van der Waals surface area contributed by atoms with Crippen molar-refractivity contribution < 1.29 is 14.7 Å². The van der Waals surface area contributed by atoms with Crippen LogP contribution in [0.5, 0.6) is 0 Å². The third-order valence-corrected chi connectivity index (χ3v) is 5.23. The fourth-order valence-corrected chi connectivity index (χ4v) is 3.86. The molecule has 0 bridgehead atoms. The van der Waals surface area contributed by atoms with Gasteiger partial charge < -0.3 is 15.7 Å². The van der Waals surface area contributed by atoms with E-state index in [4.69, 9.17) is 0 Å². The molecule has 3 N–H and O–H groups in total. The predicted octanol–water partition coefficient (Wildman–Crippen LogP) is 1.78. The number of carbonyl (C=O) groups is 2. The largest absolute Gasteiger partial charge is 0.374 e. The van der Waals surface area contributed by atoms with E-state index >= 15 is 0 Å². The Labute approximate surface area is 142 Å². The summed E-state index contributed by atoms with van der Waals surface area (Å²) in [5, 5.41) is 15.5. The molecule has 0 saturated carbocycles. The van der Waals surface area contributed by atoms with Crippen molar-refractivity contribution in [3.05, 3.63) is 34.9 Å². The van der Waals surface area contributed by atoms with Gasteiger partial charge in [-0.25, -0.2) is 0 Å². The first-order valence-corrected chi connectivity index (χ1v) is 8.79. The van der Waals surface area contributed by atoms with Gasteiger partial charge in [-0.15, -0.1) is 0 Å². The molecular formula is C19H26N2O3. The fourth-order valence-electron chi connectivity index (χ4n) is 3.86. The second kappa shape index (κ2) is 6.55. The summed E-state index contributed by atoms with van der Waals surface area (Å²) in [5.41, 5.74) is 2.64. The molecule has 5 nitrogen and oxygen atoms in total. The second-order valence-electron chi connectivity index (χ2n) is 7.57. The molecule has 24 heavy (non-hydrogen) atoms. The van der Waals surface area contributed by atoms with Crippen molar-refractivity contribution in [1.29, 1.82) is 0 Å². The van der Waals surface area contributed by atoms with Crippen LogP contribution in [-0.4, -0.2) is 29.7 Å². The predicted molar refractivity (Wildman–Crippen MR) is 91.5 cm³/mol. The summed E-state index contributed by atoms with van der Waals surface area (Å²) in [7, 11) is 0. The molecule has 3 rings (SSSR count).